The summed E-state index contributed by atoms with van der Waals surface area (Å²) < 4.78 is 0. The first kappa shape index (κ1) is 34.0. The normalized spacial score (nSPS) is 29.4. The lowest BCUT2D eigenvalue weighted by Gasteiger charge is -2.62. The minimum absolute atomic E-state index is 0.0228. The number of nitrogens with zero attached hydrogens (tertiary/aromatic N) is 3. The molecular weight excluding hydrogens is 636 g/mol. The number of likely N-dealkylation sites (N-methyl/N-ethyl adjacent to an activating group) is 1. The summed E-state index contributed by atoms with van der Waals surface area (Å²) in [6.45, 7) is 1.40. The first-order valence-electron chi connectivity index (χ1n) is 17.8. The number of fused-ring (bicyclic) bond motifs is 1. The fraction of sp³-hybridized carbons (Fsp3) is 0.525. The molecule has 3 aromatic carbocycles. The van der Waals surface area contributed by atoms with Gasteiger partial charge in [0.15, 0.2) is 0 Å². The molecule has 1 saturated heterocycles. The number of β-amino-alcohol motifs (C(OH)–C–C–N with tert-alkyl or cyclic N) is 1. The van der Waals surface area contributed by atoms with Gasteiger partial charge in [0, 0.05) is 44.5 Å². The third-order valence-corrected chi connectivity index (χ3v) is 12.1. The fourth-order valence-corrected chi connectivity index (χ4v) is 10.6. The molecule has 8 rings (SSSR count). The van der Waals surface area contributed by atoms with E-state index in [-0.39, 0.29) is 49.1 Å². The minimum atomic E-state index is -0.876. The number of nitrogens with one attached hydrogen (secondary N) is 1. The Morgan fingerprint density at radius 1 is 0.939 bits per heavy atom. The molecule has 3 aromatic rings. The van der Waals surface area contributed by atoms with Crippen molar-refractivity contribution in [3.05, 3.63) is 82.9 Å². The van der Waals surface area contributed by atoms with E-state index in [0.29, 0.717) is 16.9 Å². The van der Waals surface area contributed by atoms with E-state index in [1.165, 1.54) is 19.3 Å². The van der Waals surface area contributed by atoms with Gasteiger partial charge in [-0.05, 0) is 97.8 Å². The molecule has 4 unspecified atom stereocenters. The van der Waals surface area contributed by atoms with Crippen molar-refractivity contribution in [3.8, 4) is 0 Å². The van der Waals surface area contributed by atoms with Gasteiger partial charge in [-0.15, -0.1) is 0 Å². The molecule has 0 radical (unpaired) electrons. The van der Waals surface area contributed by atoms with E-state index >= 15 is 0 Å². The van der Waals surface area contributed by atoms with Crippen molar-refractivity contribution in [2.45, 2.75) is 76.1 Å². The number of carbonyl (C=O) groups excluding carboxylic acids is 3. The average Bonchev–Trinajstić information content (AvgIpc) is 3.45. The Morgan fingerprint density at radius 2 is 1.63 bits per heavy atom. The van der Waals surface area contributed by atoms with Crippen LogP contribution >= 0.6 is 11.6 Å². The van der Waals surface area contributed by atoms with E-state index in [1.807, 2.05) is 54.6 Å². The van der Waals surface area contributed by atoms with Crippen LogP contribution in [-0.4, -0.2) is 89.9 Å². The molecule has 8 nitrogen and oxygen atoms in total. The molecule has 4 saturated carbocycles. The highest BCUT2D eigenvalue weighted by Gasteiger charge is 2.62. The summed E-state index contributed by atoms with van der Waals surface area (Å²) in [5.41, 5.74) is 1.37. The van der Waals surface area contributed by atoms with Gasteiger partial charge in [-0.2, -0.15) is 0 Å². The van der Waals surface area contributed by atoms with Gasteiger partial charge >= 0.3 is 0 Å². The summed E-state index contributed by atoms with van der Waals surface area (Å²) in [7, 11) is 5.95. The van der Waals surface area contributed by atoms with Crippen molar-refractivity contribution in [3.63, 3.8) is 0 Å². The standard InChI is InChI=1S/C40H49ClN4O4/c1-43(2)25-39-18-27-14-28(19-39)21-40(20-27,24-39)38(49)45-23-32(46)17-35(45)36(47)42-34(16-26-12-13-29-8-4-5-9-30(29)15-26)37(48)44(3)22-31-10-6-7-11-33(31)41/h4-13,15,27-28,32,34-35,46H,14,16-25H2,1-3H3,(H,42,47)/t27?,28?,32-,34?,35?,39?,40?/m1/s1. The number of amides is 3. The molecule has 49 heavy (non-hydrogen) atoms. The van der Waals surface area contributed by atoms with E-state index in [4.69, 9.17) is 11.6 Å². The van der Waals surface area contributed by atoms with Gasteiger partial charge in [-0.1, -0.05) is 72.3 Å². The topological polar surface area (TPSA) is 93.2 Å². The van der Waals surface area contributed by atoms with Gasteiger partial charge in [-0.25, -0.2) is 0 Å². The van der Waals surface area contributed by atoms with Crippen molar-refractivity contribution in [2.75, 3.05) is 34.2 Å². The number of aliphatic hydroxyl groups is 1. The first-order chi connectivity index (χ1) is 23.4. The van der Waals surface area contributed by atoms with E-state index in [2.05, 4.69) is 30.4 Å². The van der Waals surface area contributed by atoms with Crippen LogP contribution in [0.2, 0.25) is 5.02 Å². The van der Waals surface area contributed by atoms with Crippen LogP contribution in [0.15, 0.2) is 66.7 Å². The zero-order chi connectivity index (χ0) is 34.5. The lowest BCUT2D eigenvalue weighted by atomic mass is 9.43. The van der Waals surface area contributed by atoms with Crippen molar-refractivity contribution in [1.82, 2.24) is 20.0 Å². The van der Waals surface area contributed by atoms with Crippen LogP contribution in [0, 0.1) is 22.7 Å². The Morgan fingerprint density at radius 3 is 2.35 bits per heavy atom. The molecule has 5 aliphatic rings. The summed E-state index contributed by atoms with van der Waals surface area (Å²) in [5, 5.41) is 16.7. The fourth-order valence-electron chi connectivity index (χ4n) is 10.4. The van der Waals surface area contributed by atoms with E-state index in [9.17, 15) is 19.5 Å². The highest BCUT2D eigenvalue weighted by molar-refractivity contribution is 6.31. The van der Waals surface area contributed by atoms with Gasteiger partial charge in [-0.3, -0.25) is 14.4 Å². The lowest BCUT2D eigenvalue weighted by molar-refractivity contribution is -0.171. The van der Waals surface area contributed by atoms with Crippen LogP contribution in [0.5, 0.6) is 0 Å². The predicted octanol–water partition coefficient (Wildman–Crippen LogP) is 5.29. The molecule has 5 fully saturated rings. The largest absolute Gasteiger partial charge is 0.391 e. The maximum atomic E-state index is 14.7. The summed E-state index contributed by atoms with van der Waals surface area (Å²) in [5.74, 6) is 0.451. The molecular formula is C40H49ClN4O4. The Balaban J connectivity index is 1.13. The van der Waals surface area contributed by atoms with Gasteiger partial charge in [0.1, 0.15) is 12.1 Å². The molecule has 4 bridgehead atoms. The van der Waals surface area contributed by atoms with Crippen LogP contribution in [0.25, 0.3) is 10.8 Å². The van der Waals surface area contributed by atoms with Crippen LogP contribution in [0.1, 0.15) is 56.1 Å². The van der Waals surface area contributed by atoms with Crippen LogP contribution < -0.4 is 5.32 Å². The Kier molecular flexibility index (Phi) is 9.26. The van der Waals surface area contributed by atoms with Gasteiger partial charge < -0.3 is 25.1 Å². The zero-order valence-electron chi connectivity index (χ0n) is 28.9. The smallest absolute Gasteiger partial charge is 0.245 e. The lowest BCUT2D eigenvalue weighted by Crippen LogP contribution is -2.62. The summed E-state index contributed by atoms with van der Waals surface area (Å²) in [4.78, 5) is 48.6. The number of hydrogen-bond acceptors (Lipinski definition) is 5. The molecule has 2 N–H and O–H groups in total. The molecule has 4 aliphatic carbocycles. The number of carbonyl (C=O) groups is 3. The molecule has 3 amide bonds. The molecule has 0 spiro atoms. The SMILES string of the molecule is CN(C)CC12CC3CC(C1)CC(C(=O)N1C[C@H](O)CC1C(=O)NC(Cc1ccc4ccccc4c1)C(=O)N(C)Cc1ccccc1Cl)(C3)C2. The molecule has 0 aromatic heterocycles. The van der Waals surface area contributed by atoms with E-state index in [0.717, 1.165) is 47.7 Å². The number of likely N-dealkylation sites (tertiary alicyclic amines) is 1. The van der Waals surface area contributed by atoms with Crippen LogP contribution in [0.4, 0.5) is 0 Å². The Hall–Kier alpha value is -3.46. The average molecular weight is 685 g/mol. The molecule has 1 aliphatic heterocycles. The second-order valence-corrected chi connectivity index (χ2v) is 16.5. The summed E-state index contributed by atoms with van der Waals surface area (Å²) in [6.07, 6.45) is 5.77. The van der Waals surface area contributed by atoms with Crippen LogP contribution in [-0.2, 0) is 27.3 Å². The zero-order valence-corrected chi connectivity index (χ0v) is 29.7. The van der Waals surface area contributed by atoms with Crippen molar-refractivity contribution in [1.29, 1.82) is 0 Å². The monoisotopic (exact) mass is 684 g/mol. The minimum Gasteiger partial charge on any atom is -0.391 e. The first-order valence-corrected chi connectivity index (χ1v) is 18.2. The summed E-state index contributed by atoms with van der Waals surface area (Å²) in [6, 6.07) is 19.9. The highest BCUT2D eigenvalue weighted by Crippen LogP contribution is 2.66. The Labute approximate surface area is 294 Å². The van der Waals surface area contributed by atoms with Crippen molar-refractivity contribution >= 4 is 40.1 Å². The molecule has 9 heteroatoms. The molecule has 260 valence electrons. The maximum Gasteiger partial charge on any atom is 0.245 e. The number of halogens is 1. The van der Waals surface area contributed by atoms with Crippen molar-refractivity contribution in [2.24, 2.45) is 22.7 Å². The van der Waals surface area contributed by atoms with Gasteiger partial charge in [0.05, 0.1) is 11.5 Å². The second kappa shape index (κ2) is 13.3. The second-order valence-electron chi connectivity index (χ2n) is 16.1. The van der Waals surface area contributed by atoms with Crippen LogP contribution in [0.3, 0.4) is 0 Å². The third kappa shape index (κ3) is 6.84. The molecule has 5 atom stereocenters. The highest BCUT2D eigenvalue weighted by atomic mass is 35.5. The van der Waals surface area contributed by atoms with E-state index in [1.54, 1.807) is 22.9 Å². The predicted molar refractivity (Wildman–Crippen MR) is 192 cm³/mol. The Bertz CT molecular complexity index is 1720. The van der Waals surface area contributed by atoms with E-state index < -0.39 is 23.6 Å². The summed E-state index contributed by atoms with van der Waals surface area (Å²) >= 11 is 6.44. The third-order valence-electron chi connectivity index (χ3n) is 11.7. The quantitative estimate of drug-likeness (QED) is 0.303. The maximum absolute atomic E-state index is 14.7. The number of hydrogen-bond donors (Lipinski definition) is 2. The number of rotatable bonds is 10. The van der Waals surface area contributed by atoms with Gasteiger partial charge in [0.2, 0.25) is 17.7 Å². The number of benzene rings is 3. The van der Waals surface area contributed by atoms with Crippen molar-refractivity contribution < 1.29 is 19.5 Å². The molecule has 1 heterocycles. The number of aliphatic hydroxyl groups excluding tert-OH is 1. The van der Waals surface area contributed by atoms with Gasteiger partial charge in [0.25, 0.3) is 0 Å².